The van der Waals surface area contributed by atoms with Crippen LogP contribution in [-0.2, 0) is 0 Å². The van der Waals surface area contributed by atoms with Crippen LogP contribution in [0.25, 0.3) is 0 Å². The fourth-order valence-electron chi connectivity index (χ4n) is 2.97. The van der Waals surface area contributed by atoms with Crippen molar-refractivity contribution in [2.75, 3.05) is 0 Å². The van der Waals surface area contributed by atoms with Gasteiger partial charge in [-0.25, -0.2) is 0 Å². The number of nitrogens with zero attached hydrogens (tertiary/aromatic N) is 2. The predicted octanol–water partition coefficient (Wildman–Crippen LogP) is 3.45. The van der Waals surface area contributed by atoms with Crippen LogP contribution in [0.1, 0.15) is 43.2 Å². The lowest BCUT2D eigenvalue weighted by atomic mass is 9.76. The zero-order valence-corrected chi connectivity index (χ0v) is 11.6. The molecule has 0 N–H and O–H groups in total. The maximum atomic E-state index is 11.1. The Hall–Kier alpha value is -1.98. The van der Waals surface area contributed by atoms with E-state index in [0.29, 0.717) is 12.0 Å². The average molecular weight is 278 g/mol. The first-order valence-electron chi connectivity index (χ1n) is 6.78. The van der Waals surface area contributed by atoms with Crippen molar-refractivity contribution in [3.8, 4) is 0 Å². The number of hydrogen-bond donors (Lipinski definition) is 0. The minimum atomic E-state index is -0.547. The molecule has 1 aromatic carbocycles. The molecule has 1 aliphatic carbocycles. The predicted molar refractivity (Wildman–Crippen MR) is 74.4 cm³/mol. The second-order valence-corrected chi connectivity index (χ2v) is 5.64. The van der Waals surface area contributed by atoms with Crippen LogP contribution in [0.15, 0.2) is 18.2 Å². The normalized spacial score (nSPS) is 26.2. The molecule has 1 aromatic rings. The van der Waals surface area contributed by atoms with Gasteiger partial charge in [0.05, 0.1) is 4.92 Å². The number of benzene rings is 1. The van der Waals surface area contributed by atoms with Gasteiger partial charge in [0, 0.05) is 28.9 Å². The summed E-state index contributed by atoms with van der Waals surface area (Å²) in [7, 11) is 0. The van der Waals surface area contributed by atoms with Gasteiger partial charge in [-0.2, -0.15) is 0 Å². The summed E-state index contributed by atoms with van der Waals surface area (Å²) >= 11 is 0. The fourth-order valence-corrected chi connectivity index (χ4v) is 2.97. The Kier molecular flexibility index (Phi) is 4.01. The standard InChI is InChI=1S/C14H18N2O4/c1-9-3-5-11(7-13(9)15(17)18)12-6-4-10(2)14(8-12)16(19)20/h3,5,7,10,12,14H,4,6,8H2,1-2H3. The van der Waals surface area contributed by atoms with Crippen molar-refractivity contribution >= 4 is 5.69 Å². The van der Waals surface area contributed by atoms with Crippen molar-refractivity contribution in [3.63, 3.8) is 0 Å². The smallest absolute Gasteiger partial charge is 0.264 e. The van der Waals surface area contributed by atoms with Crippen molar-refractivity contribution in [2.45, 2.75) is 45.1 Å². The number of aryl methyl sites for hydroxylation is 1. The molecule has 0 bridgehead atoms. The molecule has 0 aliphatic heterocycles. The third-order valence-corrected chi connectivity index (χ3v) is 4.33. The van der Waals surface area contributed by atoms with Crippen molar-refractivity contribution < 1.29 is 9.85 Å². The van der Waals surface area contributed by atoms with Gasteiger partial charge in [-0.15, -0.1) is 0 Å². The summed E-state index contributed by atoms with van der Waals surface area (Å²) in [5, 5.41) is 22.0. The monoisotopic (exact) mass is 278 g/mol. The maximum Gasteiger partial charge on any atom is 0.272 e. The van der Waals surface area contributed by atoms with Crippen LogP contribution in [0.2, 0.25) is 0 Å². The number of nitro benzene ring substituents is 1. The third-order valence-electron chi connectivity index (χ3n) is 4.33. The van der Waals surface area contributed by atoms with E-state index in [9.17, 15) is 20.2 Å². The van der Waals surface area contributed by atoms with E-state index in [1.807, 2.05) is 13.0 Å². The van der Waals surface area contributed by atoms with E-state index in [0.717, 1.165) is 18.4 Å². The Balaban J connectivity index is 2.26. The first-order chi connectivity index (χ1) is 9.40. The summed E-state index contributed by atoms with van der Waals surface area (Å²) < 4.78 is 0. The van der Waals surface area contributed by atoms with Gasteiger partial charge in [-0.05, 0) is 31.2 Å². The van der Waals surface area contributed by atoms with Gasteiger partial charge in [-0.1, -0.05) is 19.1 Å². The topological polar surface area (TPSA) is 86.3 Å². The minimum Gasteiger partial charge on any atom is -0.264 e. The van der Waals surface area contributed by atoms with Crippen LogP contribution in [0.4, 0.5) is 5.69 Å². The summed E-state index contributed by atoms with van der Waals surface area (Å²) in [6.45, 7) is 3.60. The van der Waals surface area contributed by atoms with Crippen LogP contribution in [0, 0.1) is 33.1 Å². The molecular weight excluding hydrogens is 260 g/mol. The molecule has 1 fully saturated rings. The molecule has 1 saturated carbocycles. The van der Waals surface area contributed by atoms with Crippen molar-refractivity contribution in [2.24, 2.45) is 5.92 Å². The van der Waals surface area contributed by atoms with Gasteiger partial charge in [-0.3, -0.25) is 20.2 Å². The molecule has 0 saturated heterocycles. The zero-order valence-electron chi connectivity index (χ0n) is 11.6. The summed E-state index contributed by atoms with van der Waals surface area (Å²) in [6.07, 6.45) is 2.11. The summed E-state index contributed by atoms with van der Waals surface area (Å²) in [5.74, 6) is 0.114. The first-order valence-corrected chi connectivity index (χ1v) is 6.78. The average Bonchev–Trinajstić information content (AvgIpc) is 2.39. The molecule has 0 spiro atoms. The zero-order chi connectivity index (χ0) is 14.9. The fraction of sp³-hybridized carbons (Fsp3) is 0.571. The van der Waals surface area contributed by atoms with Gasteiger partial charge in [0.2, 0.25) is 6.04 Å². The summed E-state index contributed by atoms with van der Waals surface area (Å²) in [5.41, 5.74) is 1.56. The van der Waals surface area contributed by atoms with E-state index in [4.69, 9.17) is 0 Å². The van der Waals surface area contributed by atoms with E-state index >= 15 is 0 Å². The second-order valence-electron chi connectivity index (χ2n) is 5.64. The Morgan fingerprint density at radius 1 is 1.20 bits per heavy atom. The minimum absolute atomic E-state index is 0.0425. The van der Waals surface area contributed by atoms with E-state index in [2.05, 4.69) is 0 Å². The highest BCUT2D eigenvalue weighted by molar-refractivity contribution is 5.43. The van der Waals surface area contributed by atoms with E-state index < -0.39 is 11.0 Å². The van der Waals surface area contributed by atoms with E-state index in [1.54, 1.807) is 19.1 Å². The quantitative estimate of drug-likeness (QED) is 0.625. The van der Waals surface area contributed by atoms with Crippen LogP contribution >= 0.6 is 0 Å². The largest absolute Gasteiger partial charge is 0.272 e. The molecule has 0 heterocycles. The van der Waals surface area contributed by atoms with Crippen LogP contribution < -0.4 is 0 Å². The number of rotatable bonds is 3. The highest BCUT2D eigenvalue weighted by Gasteiger charge is 2.36. The van der Waals surface area contributed by atoms with Gasteiger partial charge < -0.3 is 0 Å². The molecule has 6 nitrogen and oxygen atoms in total. The lowest BCUT2D eigenvalue weighted by Gasteiger charge is -2.29. The second kappa shape index (κ2) is 5.56. The molecular formula is C14H18N2O4. The summed E-state index contributed by atoms with van der Waals surface area (Å²) in [6, 6.07) is 4.62. The molecule has 3 unspecified atom stereocenters. The van der Waals surface area contributed by atoms with Crippen molar-refractivity contribution in [1.29, 1.82) is 0 Å². The molecule has 2 rings (SSSR count). The maximum absolute atomic E-state index is 11.1. The van der Waals surface area contributed by atoms with Crippen LogP contribution in [-0.4, -0.2) is 15.9 Å². The molecule has 0 radical (unpaired) electrons. The van der Waals surface area contributed by atoms with Gasteiger partial charge >= 0.3 is 0 Å². The third kappa shape index (κ3) is 2.79. The van der Waals surface area contributed by atoms with Gasteiger partial charge in [0.1, 0.15) is 0 Å². The van der Waals surface area contributed by atoms with E-state index in [-0.39, 0.29) is 22.4 Å². The number of hydrogen-bond acceptors (Lipinski definition) is 4. The Bertz CT molecular complexity index is 544. The van der Waals surface area contributed by atoms with Gasteiger partial charge in [0.15, 0.2) is 0 Å². The SMILES string of the molecule is Cc1ccc(C2CCC(C)C([N+](=O)[O-])C2)cc1[N+](=O)[O-]. The molecule has 0 aromatic heterocycles. The molecule has 3 atom stereocenters. The lowest BCUT2D eigenvalue weighted by molar-refractivity contribution is -0.535. The van der Waals surface area contributed by atoms with Crippen molar-refractivity contribution in [1.82, 2.24) is 0 Å². The molecule has 6 heteroatoms. The molecule has 0 amide bonds. The molecule has 20 heavy (non-hydrogen) atoms. The Morgan fingerprint density at radius 3 is 2.50 bits per heavy atom. The Morgan fingerprint density at radius 2 is 1.90 bits per heavy atom. The molecule has 1 aliphatic rings. The lowest BCUT2D eigenvalue weighted by Crippen LogP contribution is -2.33. The summed E-state index contributed by atoms with van der Waals surface area (Å²) in [4.78, 5) is 21.4. The van der Waals surface area contributed by atoms with Crippen LogP contribution in [0.3, 0.4) is 0 Å². The highest BCUT2D eigenvalue weighted by Crippen LogP contribution is 2.38. The Labute approximate surface area is 117 Å². The molecule has 108 valence electrons. The van der Waals surface area contributed by atoms with Gasteiger partial charge in [0.25, 0.3) is 5.69 Å². The van der Waals surface area contributed by atoms with Crippen LogP contribution in [0.5, 0.6) is 0 Å². The first kappa shape index (κ1) is 14.4. The van der Waals surface area contributed by atoms with E-state index in [1.165, 1.54) is 0 Å². The highest BCUT2D eigenvalue weighted by atomic mass is 16.6. The number of nitro groups is 2. The van der Waals surface area contributed by atoms with Crippen molar-refractivity contribution in [3.05, 3.63) is 49.6 Å².